The number of piperidine rings is 1. The number of carbonyl (C=O) groups is 1. The molecule has 1 fully saturated rings. The molecule has 1 N–H and O–H groups in total. The van der Waals surface area contributed by atoms with Gasteiger partial charge >= 0.3 is 0 Å². The fourth-order valence-electron chi connectivity index (χ4n) is 6.27. The number of nitrogens with zero attached hydrogens (tertiary/aromatic N) is 7. The normalized spacial score (nSPS) is 17.3. The maximum absolute atomic E-state index is 13.6. The Hall–Kier alpha value is -3.72. The summed E-state index contributed by atoms with van der Waals surface area (Å²) in [5.41, 5.74) is 7.57. The van der Waals surface area contributed by atoms with Gasteiger partial charge in [-0.1, -0.05) is 12.8 Å². The van der Waals surface area contributed by atoms with Crippen molar-refractivity contribution >= 4 is 28.6 Å². The van der Waals surface area contributed by atoms with Gasteiger partial charge in [-0.15, -0.1) is 0 Å². The number of rotatable bonds is 2. The van der Waals surface area contributed by atoms with Crippen LogP contribution in [0.1, 0.15) is 60.3 Å². The van der Waals surface area contributed by atoms with E-state index in [1.165, 1.54) is 24.2 Å². The Bertz CT molecular complexity index is 1530. The van der Waals surface area contributed by atoms with Crippen molar-refractivity contribution in [2.45, 2.75) is 64.5 Å². The number of amides is 1. The van der Waals surface area contributed by atoms with Gasteiger partial charge in [0.25, 0.3) is 5.91 Å². The van der Waals surface area contributed by atoms with Gasteiger partial charge in [0.1, 0.15) is 0 Å². The van der Waals surface area contributed by atoms with E-state index in [1.54, 1.807) is 0 Å². The van der Waals surface area contributed by atoms with Crippen LogP contribution >= 0.6 is 0 Å². The lowest BCUT2D eigenvalue weighted by Gasteiger charge is -2.36. The van der Waals surface area contributed by atoms with Crippen molar-refractivity contribution in [1.82, 2.24) is 29.2 Å². The summed E-state index contributed by atoms with van der Waals surface area (Å²) >= 11 is 0. The molecule has 3 aromatic heterocycles. The number of benzene rings is 1. The number of hydrogen-bond acceptors (Lipinski definition) is 6. The predicted molar refractivity (Wildman–Crippen MR) is 160 cm³/mol. The lowest BCUT2D eigenvalue weighted by molar-refractivity contribution is 0.102. The molecule has 9 nitrogen and oxygen atoms in total. The van der Waals surface area contributed by atoms with Crippen molar-refractivity contribution in [2.75, 3.05) is 37.4 Å². The molecule has 0 radical (unpaired) electrons. The van der Waals surface area contributed by atoms with Crippen molar-refractivity contribution in [3.8, 4) is 11.3 Å². The number of aromatic nitrogens is 5. The average molecular weight is 541 g/mol. The van der Waals surface area contributed by atoms with Crippen LogP contribution < -0.4 is 10.2 Å². The molecule has 2 aliphatic rings. The Morgan fingerprint density at radius 3 is 2.58 bits per heavy atom. The molecule has 0 saturated carbocycles. The molecule has 0 spiro atoms. The van der Waals surface area contributed by atoms with Gasteiger partial charge in [-0.3, -0.25) is 19.8 Å². The lowest BCUT2D eigenvalue weighted by atomic mass is 10.0. The van der Waals surface area contributed by atoms with E-state index in [0.717, 1.165) is 79.7 Å². The van der Waals surface area contributed by atoms with Gasteiger partial charge < -0.3 is 14.4 Å². The van der Waals surface area contributed by atoms with Crippen LogP contribution in [0.15, 0.2) is 36.5 Å². The van der Waals surface area contributed by atoms with E-state index in [2.05, 4.69) is 57.1 Å². The Balaban J connectivity index is 1.34. The summed E-state index contributed by atoms with van der Waals surface area (Å²) in [4.78, 5) is 28.1. The molecular formula is C31H40N8O. The lowest BCUT2D eigenvalue weighted by Crippen LogP contribution is -2.41. The number of hydrogen-bond donors (Lipinski definition) is 1. The molecule has 210 valence electrons. The van der Waals surface area contributed by atoms with Crippen molar-refractivity contribution in [2.24, 2.45) is 7.05 Å². The molecule has 2 bridgehead atoms. The summed E-state index contributed by atoms with van der Waals surface area (Å²) in [5.74, 6) is 0.436. The molecule has 40 heavy (non-hydrogen) atoms. The molecule has 0 unspecified atom stereocenters. The summed E-state index contributed by atoms with van der Waals surface area (Å²) in [6.45, 7) is 4.85. The zero-order valence-corrected chi connectivity index (χ0v) is 24.2. The van der Waals surface area contributed by atoms with E-state index >= 15 is 0 Å². The standard InChI is InChI=1S/C31H40N8O/c1-21-17-22-18-27(33-21)25-20-32-37(4)28(25)9-7-5-6-8-14-39-29-19-24(38-15-12-23(13-16-38)36(2)3)10-11-26(29)34-31(39)35-30(22)40/h10-11,17-20,23H,5-9,12-16H2,1-4H3,(H,34,35,40). The third kappa shape index (κ3) is 5.22. The van der Waals surface area contributed by atoms with E-state index in [-0.39, 0.29) is 5.91 Å². The van der Waals surface area contributed by atoms with Gasteiger partial charge in [0.2, 0.25) is 5.95 Å². The van der Waals surface area contributed by atoms with Crippen molar-refractivity contribution < 1.29 is 4.79 Å². The van der Waals surface area contributed by atoms with Crippen molar-refractivity contribution in [1.29, 1.82) is 0 Å². The van der Waals surface area contributed by atoms with Crippen LogP contribution in [0.3, 0.4) is 0 Å². The molecule has 1 aromatic carbocycles. The highest BCUT2D eigenvalue weighted by Crippen LogP contribution is 2.30. The Morgan fingerprint density at radius 1 is 0.975 bits per heavy atom. The van der Waals surface area contributed by atoms with Crippen LogP contribution in [-0.2, 0) is 20.0 Å². The van der Waals surface area contributed by atoms with Crippen LogP contribution in [0.25, 0.3) is 22.3 Å². The first-order valence-corrected chi connectivity index (χ1v) is 14.6. The smallest absolute Gasteiger partial charge is 0.258 e. The quantitative estimate of drug-likeness (QED) is 0.384. The largest absolute Gasteiger partial charge is 0.371 e. The van der Waals surface area contributed by atoms with E-state index in [1.807, 2.05) is 37.0 Å². The third-order valence-corrected chi connectivity index (χ3v) is 8.62. The zero-order valence-electron chi connectivity index (χ0n) is 24.2. The van der Waals surface area contributed by atoms with Gasteiger partial charge in [-0.2, -0.15) is 5.10 Å². The van der Waals surface area contributed by atoms with Gasteiger partial charge in [-0.25, -0.2) is 4.98 Å². The number of fused-ring (bicyclic) bond motifs is 7. The topological polar surface area (TPSA) is 84.1 Å². The second kappa shape index (κ2) is 11.0. The molecule has 6 rings (SSSR count). The van der Waals surface area contributed by atoms with E-state index in [4.69, 9.17) is 9.97 Å². The number of anilines is 2. The molecule has 2 aliphatic heterocycles. The highest BCUT2D eigenvalue weighted by Gasteiger charge is 2.23. The maximum Gasteiger partial charge on any atom is 0.258 e. The Morgan fingerprint density at radius 2 is 1.77 bits per heavy atom. The molecule has 0 atom stereocenters. The summed E-state index contributed by atoms with van der Waals surface area (Å²) in [7, 11) is 6.34. The second-order valence-electron chi connectivity index (χ2n) is 11.6. The first-order valence-electron chi connectivity index (χ1n) is 14.6. The zero-order chi connectivity index (χ0) is 27.8. The second-order valence-corrected chi connectivity index (χ2v) is 11.6. The van der Waals surface area contributed by atoms with Gasteiger partial charge in [0, 0.05) is 60.9 Å². The van der Waals surface area contributed by atoms with E-state index in [0.29, 0.717) is 17.6 Å². The minimum absolute atomic E-state index is 0.172. The maximum atomic E-state index is 13.6. The number of pyridine rings is 1. The summed E-state index contributed by atoms with van der Waals surface area (Å²) in [6.07, 6.45) is 9.51. The minimum Gasteiger partial charge on any atom is -0.371 e. The molecular weight excluding hydrogens is 500 g/mol. The summed E-state index contributed by atoms with van der Waals surface area (Å²) in [5, 5.41) is 7.65. The third-order valence-electron chi connectivity index (χ3n) is 8.62. The number of nitrogens with one attached hydrogen (secondary N) is 1. The van der Waals surface area contributed by atoms with Crippen molar-refractivity contribution in [3.63, 3.8) is 0 Å². The molecule has 9 heteroatoms. The SMILES string of the molecule is Cc1cc2cc(n1)-c1cnn(C)c1CCCCCCn1c(nc3ccc(N4CCC(N(C)C)CC4)cc31)NC2=O. The summed E-state index contributed by atoms with van der Waals surface area (Å²) < 4.78 is 4.15. The van der Waals surface area contributed by atoms with Crippen LogP contribution in [0.2, 0.25) is 0 Å². The fourth-order valence-corrected chi connectivity index (χ4v) is 6.27. The molecule has 1 amide bonds. The summed E-state index contributed by atoms with van der Waals surface area (Å²) in [6, 6.07) is 10.9. The van der Waals surface area contributed by atoms with Crippen molar-refractivity contribution in [3.05, 3.63) is 53.5 Å². The minimum atomic E-state index is -0.172. The van der Waals surface area contributed by atoms with Crippen LogP contribution in [0.4, 0.5) is 11.6 Å². The number of carbonyl (C=O) groups excluding carboxylic acids is 1. The Labute approximate surface area is 236 Å². The average Bonchev–Trinajstić information content (AvgIpc) is 3.48. The molecule has 1 saturated heterocycles. The fraction of sp³-hybridized carbons (Fsp3) is 0.484. The van der Waals surface area contributed by atoms with E-state index in [9.17, 15) is 4.79 Å². The molecule has 4 aromatic rings. The van der Waals surface area contributed by atoms with Crippen LogP contribution in [0, 0.1) is 6.92 Å². The first kappa shape index (κ1) is 26.5. The monoisotopic (exact) mass is 540 g/mol. The highest BCUT2D eigenvalue weighted by atomic mass is 16.1. The number of aryl methyl sites for hydroxylation is 3. The highest BCUT2D eigenvalue weighted by molar-refractivity contribution is 6.05. The predicted octanol–water partition coefficient (Wildman–Crippen LogP) is 5.04. The number of imidazole rings is 1. The van der Waals surface area contributed by atoms with Crippen LogP contribution in [-0.4, -0.2) is 68.3 Å². The van der Waals surface area contributed by atoms with E-state index < -0.39 is 0 Å². The molecule has 5 heterocycles. The molecule has 0 aliphatic carbocycles. The van der Waals surface area contributed by atoms with Gasteiger partial charge in [-0.05, 0) is 83.5 Å². The van der Waals surface area contributed by atoms with Crippen LogP contribution in [0.5, 0.6) is 0 Å². The van der Waals surface area contributed by atoms with Gasteiger partial charge in [0.05, 0.1) is 22.9 Å². The first-order chi connectivity index (χ1) is 19.4. The Kier molecular flexibility index (Phi) is 7.31. The van der Waals surface area contributed by atoms with Gasteiger partial charge in [0.15, 0.2) is 0 Å².